The molecule has 102 valence electrons. The normalized spacial score (nSPS) is 26.6. The van der Waals surface area contributed by atoms with E-state index in [9.17, 15) is 5.11 Å². The standard InChI is InChI=1S/C10H12BrN5O3/c11-10-14-7(12)6-8(15-10)16(3-13-6)9-4(1-17)5(2-18)19-9/h3-5,9,17-18H,1-2H2,(H2,12,14,15)/t4-,5-,9-/m1/s1. The number of ether oxygens (including phenoxy) is 1. The number of nitrogens with zero attached hydrogens (tertiary/aromatic N) is 4. The van der Waals surface area contributed by atoms with Crippen molar-refractivity contribution in [2.45, 2.75) is 12.3 Å². The fourth-order valence-electron chi connectivity index (χ4n) is 2.23. The Kier molecular flexibility index (Phi) is 3.13. The third-order valence-electron chi connectivity index (χ3n) is 3.24. The number of fused-ring (bicyclic) bond motifs is 1. The monoisotopic (exact) mass is 329 g/mol. The van der Waals surface area contributed by atoms with Gasteiger partial charge in [-0.05, 0) is 15.9 Å². The van der Waals surface area contributed by atoms with Gasteiger partial charge < -0.3 is 20.7 Å². The summed E-state index contributed by atoms with van der Waals surface area (Å²) in [7, 11) is 0. The number of halogens is 1. The lowest BCUT2D eigenvalue weighted by Gasteiger charge is -2.43. The first-order valence-corrected chi connectivity index (χ1v) is 6.47. The van der Waals surface area contributed by atoms with Gasteiger partial charge >= 0.3 is 0 Å². The first kappa shape index (κ1) is 12.7. The van der Waals surface area contributed by atoms with Crippen molar-refractivity contribution >= 4 is 32.9 Å². The van der Waals surface area contributed by atoms with Gasteiger partial charge in [-0.3, -0.25) is 4.57 Å². The highest BCUT2D eigenvalue weighted by molar-refractivity contribution is 9.10. The van der Waals surface area contributed by atoms with Crippen molar-refractivity contribution in [2.75, 3.05) is 18.9 Å². The Hall–Kier alpha value is -1.29. The molecule has 3 rings (SSSR count). The van der Waals surface area contributed by atoms with Crippen LogP contribution in [0.2, 0.25) is 0 Å². The summed E-state index contributed by atoms with van der Waals surface area (Å²) in [5.74, 6) is 0.0755. The Morgan fingerprint density at radius 1 is 1.37 bits per heavy atom. The molecule has 0 aromatic carbocycles. The van der Waals surface area contributed by atoms with E-state index in [1.807, 2.05) is 0 Å². The van der Waals surface area contributed by atoms with Crippen LogP contribution in [0, 0.1) is 5.92 Å². The summed E-state index contributed by atoms with van der Waals surface area (Å²) in [6, 6.07) is 0. The maximum absolute atomic E-state index is 9.35. The molecule has 2 aromatic rings. The number of nitrogen functional groups attached to an aromatic ring is 1. The summed E-state index contributed by atoms with van der Waals surface area (Å²) in [6.45, 7) is -0.216. The van der Waals surface area contributed by atoms with Crippen LogP contribution in [0.5, 0.6) is 0 Å². The van der Waals surface area contributed by atoms with Crippen LogP contribution in [0.3, 0.4) is 0 Å². The first-order valence-electron chi connectivity index (χ1n) is 5.68. The van der Waals surface area contributed by atoms with Crippen LogP contribution in [-0.4, -0.2) is 49.0 Å². The third kappa shape index (κ3) is 1.89. The van der Waals surface area contributed by atoms with Crippen molar-refractivity contribution in [3.05, 3.63) is 11.1 Å². The summed E-state index contributed by atoms with van der Waals surface area (Å²) in [5, 5.41) is 18.4. The van der Waals surface area contributed by atoms with Crippen LogP contribution in [0.25, 0.3) is 11.2 Å². The first-order chi connectivity index (χ1) is 9.15. The molecule has 1 fully saturated rings. The molecule has 0 bridgehead atoms. The fourth-order valence-corrected chi connectivity index (χ4v) is 2.59. The van der Waals surface area contributed by atoms with Gasteiger partial charge in [-0.2, -0.15) is 0 Å². The van der Waals surface area contributed by atoms with Crippen molar-refractivity contribution in [3.8, 4) is 0 Å². The number of rotatable bonds is 3. The molecule has 9 heteroatoms. The van der Waals surface area contributed by atoms with Crippen LogP contribution >= 0.6 is 15.9 Å². The van der Waals surface area contributed by atoms with Crippen molar-refractivity contribution in [2.24, 2.45) is 5.92 Å². The van der Waals surface area contributed by atoms with Gasteiger partial charge in [0.1, 0.15) is 11.7 Å². The van der Waals surface area contributed by atoms with E-state index in [-0.39, 0.29) is 31.1 Å². The minimum atomic E-state index is -0.409. The Morgan fingerprint density at radius 3 is 2.84 bits per heavy atom. The van der Waals surface area contributed by atoms with E-state index in [1.54, 1.807) is 10.9 Å². The van der Waals surface area contributed by atoms with E-state index in [4.69, 9.17) is 15.6 Å². The highest BCUT2D eigenvalue weighted by atomic mass is 79.9. The molecule has 1 saturated heterocycles. The van der Waals surface area contributed by atoms with E-state index in [2.05, 4.69) is 30.9 Å². The van der Waals surface area contributed by atoms with Crippen LogP contribution < -0.4 is 5.73 Å². The highest BCUT2D eigenvalue weighted by Gasteiger charge is 2.43. The average Bonchev–Trinajstić information content (AvgIpc) is 2.73. The zero-order valence-electron chi connectivity index (χ0n) is 9.77. The maximum Gasteiger partial charge on any atom is 0.200 e. The van der Waals surface area contributed by atoms with Gasteiger partial charge in [0.25, 0.3) is 0 Å². The quantitative estimate of drug-likeness (QED) is 0.659. The number of imidazole rings is 1. The molecular formula is C10H12BrN5O3. The lowest BCUT2D eigenvalue weighted by atomic mass is 9.95. The minimum Gasteiger partial charge on any atom is -0.396 e. The molecule has 0 aliphatic carbocycles. The number of aliphatic hydroxyl groups is 2. The molecule has 0 unspecified atom stereocenters. The molecule has 1 aliphatic heterocycles. The second-order valence-electron chi connectivity index (χ2n) is 4.30. The molecule has 0 radical (unpaired) electrons. The molecular weight excluding hydrogens is 318 g/mol. The average molecular weight is 330 g/mol. The molecule has 1 aliphatic rings. The van der Waals surface area contributed by atoms with Crippen LogP contribution in [0.15, 0.2) is 11.1 Å². The maximum atomic E-state index is 9.35. The second kappa shape index (κ2) is 4.67. The largest absolute Gasteiger partial charge is 0.396 e. The van der Waals surface area contributed by atoms with Crippen LogP contribution in [-0.2, 0) is 4.74 Å². The van der Waals surface area contributed by atoms with Gasteiger partial charge in [-0.1, -0.05) is 0 Å². The lowest BCUT2D eigenvalue weighted by molar-refractivity contribution is -0.243. The number of nitrogens with two attached hydrogens (primary N) is 1. The summed E-state index contributed by atoms with van der Waals surface area (Å²) >= 11 is 3.18. The van der Waals surface area contributed by atoms with Gasteiger partial charge in [-0.15, -0.1) is 0 Å². The molecule has 2 aromatic heterocycles. The molecule has 0 saturated carbocycles. The van der Waals surface area contributed by atoms with Crippen molar-refractivity contribution < 1.29 is 14.9 Å². The zero-order valence-corrected chi connectivity index (χ0v) is 11.4. The second-order valence-corrected chi connectivity index (χ2v) is 5.01. The van der Waals surface area contributed by atoms with Gasteiger partial charge in [0, 0.05) is 0 Å². The molecule has 0 spiro atoms. The molecule has 0 amide bonds. The lowest BCUT2D eigenvalue weighted by Crippen LogP contribution is -2.49. The van der Waals surface area contributed by atoms with Crippen LogP contribution in [0.1, 0.15) is 6.23 Å². The number of anilines is 1. The summed E-state index contributed by atoms with van der Waals surface area (Å²) in [5.41, 5.74) is 6.77. The number of hydrogen-bond donors (Lipinski definition) is 3. The summed E-state index contributed by atoms with van der Waals surface area (Å²) < 4.78 is 7.57. The van der Waals surface area contributed by atoms with Crippen molar-refractivity contribution in [1.82, 2.24) is 19.5 Å². The van der Waals surface area contributed by atoms with Crippen LogP contribution in [0.4, 0.5) is 5.82 Å². The molecule has 3 atom stereocenters. The number of aromatic nitrogens is 4. The third-order valence-corrected chi connectivity index (χ3v) is 3.60. The Bertz CT molecular complexity index is 618. The van der Waals surface area contributed by atoms with Gasteiger partial charge in [-0.25, -0.2) is 15.0 Å². The Balaban J connectivity index is 2.02. The molecule has 3 heterocycles. The Morgan fingerprint density at radius 2 is 2.16 bits per heavy atom. The minimum absolute atomic E-state index is 0.0860. The molecule has 19 heavy (non-hydrogen) atoms. The fraction of sp³-hybridized carbons (Fsp3) is 0.500. The Labute approximate surface area is 116 Å². The van der Waals surface area contributed by atoms with Gasteiger partial charge in [0.05, 0.1) is 31.6 Å². The summed E-state index contributed by atoms with van der Waals surface area (Å²) in [6.07, 6.45) is 0.770. The van der Waals surface area contributed by atoms with Gasteiger partial charge in [0.15, 0.2) is 11.5 Å². The zero-order chi connectivity index (χ0) is 13.6. The number of hydrogen-bond acceptors (Lipinski definition) is 7. The van der Waals surface area contributed by atoms with E-state index >= 15 is 0 Å². The summed E-state index contributed by atoms with van der Waals surface area (Å²) in [4.78, 5) is 12.3. The number of aliphatic hydroxyl groups excluding tert-OH is 2. The van der Waals surface area contributed by atoms with E-state index in [0.717, 1.165) is 0 Å². The van der Waals surface area contributed by atoms with E-state index in [1.165, 1.54) is 0 Å². The predicted molar refractivity (Wildman–Crippen MR) is 69.0 cm³/mol. The van der Waals surface area contributed by atoms with Gasteiger partial charge in [0.2, 0.25) is 4.73 Å². The van der Waals surface area contributed by atoms with Crippen molar-refractivity contribution in [3.63, 3.8) is 0 Å². The smallest absolute Gasteiger partial charge is 0.200 e. The van der Waals surface area contributed by atoms with Crippen molar-refractivity contribution in [1.29, 1.82) is 0 Å². The highest BCUT2D eigenvalue weighted by Crippen LogP contribution is 2.38. The van der Waals surface area contributed by atoms with E-state index < -0.39 is 6.23 Å². The predicted octanol–water partition coefficient (Wildman–Crippen LogP) is -0.331. The topological polar surface area (TPSA) is 119 Å². The molecule has 8 nitrogen and oxygen atoms in total. The van der Waals surface area contributed by atoms with E-state index in [0.29, 0.717) is 15.9 Å². The molecule has 4 N–H and O–H groups in total. The SMILES string of the molecule is Nc1nc(Br)nc2c1ncn2[C@@H]1O[C@H](CO)[C@H]1CO.